The zero-order valence-electron chi connectivity index (χ0n) is 17.1. The van der Waals surface area contributed by atoms with Crippen molar-refractivity contribution in [1.29, 1.82) is 0 Å². The number of carboxylic acids is 1. The van der Waals surface area contributed by atoms with Crippen LogP contribution in [0.25, 0.3) is 11.3 Å². The van der Waals surface area contributed by atoms with Crippen molar-refractivity contribution >= 4 is 37.4 Å². The molecule has 1 radical (unpaired) electrons. The van der Waals surface area contributed by atoms with E-state index in [1.807, 2.05) is 6.07 Å². The van der Waals surface area contributed by atoms with Crippen molar-refractivity contribution in [3.05, 3.63) is 56.8 Å². The van der Waals surface area contributed by atoms with Gasteiger partial charge in [-0.3, -0.25) is 0 Å². The first-order valence-electron chi connectivity index (χ1n) is 9.52. The van der Waals surface area contributed by atoms with Gasteiger partial charge >= 0.3 is 5.97 Å². The van der Waals surface area contributed by atoms with Crippen LogP contribution in [0.2, 0.25) is 13.1 Å². The van der Waals surface area contributed by atoms with E-state index in [1.54, 1.807) is 6.07 Å². The number of hydrogen-bond acceptors (Lipinski definition) is 2. The van der Waals surface area contributed by atoms with Crippen LogP contribution in [-0.4, -0.2) is 19.9 Å². The quantitative estimate of drug-likeness (QED) is 0.588. The molecule has 1 aliphatic rings. The van der Waals surface area contributed by atoms with E-state index >= 15 is 0 Å². The van der Waals surface area contributed by atoms with Gasteiger partial charge in [0.05, 0.1) is 8.80 Å². The lowest BCUT2D eigenvalue weighted by Gasteiger charge is -2.42. The molecule has 4 heteroatoms. The summed E-state index contributed by atoms with van der Waals surface area (Å²) in [6, 6.07) is 10.6. The monoisotopic (exact) mass is 397 g/mol. The van der Waals surface area contributed by atoms with E-state index in [0.717, 1.165) is 4.88 Å². The lowest BCUT2D eigenvalue weighted by Crippen LogP contribution is -2.34. The highest BCUT2D eigenvalue weighted by Gasteiger charge is 2.37. The second-order valence-electron chi connectivity index (χ2n) is 9.09. The van der Waals surface area contributed by atoms with Crippen LogP contribution in [0.5, 0.6) is 0 Å². The summed E-state index contributed by atoms with van der Waals surface area (Å²) in [7, 11) is -0.704. The van der Waals surface area contributed by atoms with Gasteiger partial charge in [-0.05, 0) is 58.6 Å². The zero-order chi connectivity index (χ0) is 20.0. The summed E-state index contributed by atoms with van der Waals surface area (Å²) in [6.45, 7) is 14.0. The zero-order valence-corrected chi connectivity index (χ0v) is 19.0. The lowest BCUT2D eigenvalue weighted by atomic mass is 9.63. The summed E-state index contributed by atoms with van der Waals surface area (Å²) in [4.78, 5) is 12.6. The first kappa shape index (κ1) is 20.1. The third kappa shape index (κ3) is 3.97. The fourth-order valence-electron chi connectivity index (χ4n) is 3.96. The molecule has 1 aliphatic carbocycles. The summed E-state index contributed by atoms with van der Waals surface area (Å²) >= 11 is 1.35. The Morgan fingerprint density at radius 1 is 1.04 bits per heavy atom. The Labute approximate surface area is 168 Å². The van der Waals surface area contributed by atoms with Crippen LogP contribution in [0.3, 0.4) is 0 Å². The molecule has 1 heterocycles. The van der Waals surface area contributed by atoms with Gasteiger partial charge in [-0.1, -0.05) is 64.2 Å². The Hall–Kier alpha value is -1.65. The van der Waals surface area contributed by atoms with Crippen molar-refractivity contribution in [3.8, 4) is 0 Å². The molecule has 1 aromatic carbocycles. The molecule has 0 aliphatic heterocycles. The van der Waals surface area contributed by atoms with Crippen LogP contribution < -0.4 is 0 Å². The molecule has 0 spiro atoms. The number of carboxylic acid groups (broad SMARTS) is 1. The Bertz CT molecular complexity index is 903. The van der Waals surface area contributed by atoms with E-state index < -0.39 is 14.8 Å². The smallest absolute Gasteiger partial charge is 0.345 e. The van der Waals surface area contributed by atoms with E-state index in [-0.39, 0.29) is 10.8 Å². The highest BCUT2D eigenvalue weighted by atomic mass is 32.1. The summed E-state index contributed by atoms with van der Waals surface area (Å²) < 4.78 is 0. The van der Waals surface area contributed by atoms with Crippen LogP contribution >= 0.6 is 11.3 Å². The normalized spacial score (nSPS) is 18.4. The first-order chi connectivity index (χ1) is 12.5. The number of aromatic carboxylic acids is 1. The predicted molar refractivity (Wildman–Crippen MR) is 118 cm³/mol. The fourth-order valence-corrected chi connectivity index (χ4v) is 6.03. The number of rotatable bonds is 4. The minimum atomic E-state index is -0.850. The van der Waals surface area contributed by atoms with E-state index in [2.05, 4.69) is 65.1 Å². The summed E-state index contributed by atoms with van der Waals surface area (Å²) in [6.07, 6.45) is 4.63. The maximum atomic E-state index is 11.2. The molecule has 2 aromatic rings. The van der Waals surface area contributed by atoms with Gasteiger partial charge in [0.1, 0.15) is 4.88 Å². The third-order valence-corrected chi connectivity index (χ3v) is 8.36. The average molecular weight is 398 g/mol. The Kier molecular flexibility index (Phi) is 5.26. The number of thiophene rings is 1. The second-order valence-corrected chi connectivity index (χ2v) is 12.7. The number of benzene rings is 1. The summed E-state index contributed by atoms with van der Waals surface area (Å²) in [5, 5.41) is 10.6. The molecule has 1 N–H and O–H groups in total. The SMILES string of the molecule is C[Si](C)/C(=C\c1ccc(C(=O)O)s1)c1ccc2c(c1)C(C)(C)CCC2(C)C. The molecule has 0 unspecified atom stereocenters. The van der Waals surface area contributed by atoms with E-state index in [0.29, 0.717) is 4.88 Å². The van der Waals surface area contributed by atoms with E-state index in [1.165, 1.54) is 46.1 Å². The van der Waals surface area contributed by atoms with Gasteiger partial charge in [0.15, 0.2) is 0 Å². The molecular formula is C23H29O2SSi. The number of fused-ring (bicyclic) bond motifs is 1. The standard InChI is InChI=1S/C23H29O2SSi/c1-22(2)11-12-23(3,4)18-13-15(7-9-17(18)22)20(27(5)6)14-16-8-10-19(26-16)21(24)25/h7-10,13-14H,11-12H2,1-6H3,(H,24,25)/b20-14-. The molecular weight excluding hydrogens is 368 g/mol. The minimum absolute atomic E-state index is 0.194. The van der Waals surface area contributed by atoms with Crippen molar-refractivity contribution in [2.75, 3.05) is 0 Å². The van der Waals surface area contributed by atoms with Crippen LogP contribution in [0.15, 0.2) is 30.3 Å². The van der Waals surface area contributed by atoms with E-state index in [4.69, 9.17) is 0 Å². The molecule has 0 fully saturated rings. The number of hydrogen-bond donors (Lipinski definition) is 1. The Balaban J connectivity index is 2.09. The molecule has 0 saturated heterocycles. The maximum Gasteiger partial charge on any atom is 0.345 e. The van der Waals surface area contributed by atoms with Crippen molar-refractivity contribution < 1.29 is 9.90 Å². The highest BCUT2D eigenvalue weighted by molar-refractivity contribution is 7.15. The highest BCUT2D eigenvalue weighted by Crippen LogP contribution is 2.46. The molecule has 3 rings (SSSR count). The van der Waals surface area contributed by atoms with Gasteiger partial charge in [-0.2, -0.15) is 0 Å². The van der Waals surface area contributed by atoms with Gasteiger partial charge < -0.3 is 5.11 Å². The van der Waals surface area contributed by atoms with Crippen LogP contribution in [-0.2, 0) is 10.8 Å². The summed E-state index contributed by atoms with van der Waals surface area (Å²) in [5.41, 5.74) is 4.67. The van der Waals surface area contributed by atoms with Gasteiger partial charge in [-0.15, -0.1) is 11.3 Å². The second kappa shape index (κ2) is 7.06. The van der Waals surface area contributed by atoms with Gasteiger partial charge in [-0.25, -0.2) is 4.79 Å². The fraction of sp³-hybridized carbons (Fsp3) is 0.435. The van der Waals surface area contributed by atoms with Crippen LogP contribution in [0.1, 0.15) is 71.8 Å². The number of carbonyl (C=O) groups is 1. The average Bonchev–Trinajstić information content (AvgIpc) is 3.05. The lowest BCUT2D eigenvalue weighted by molar-refractivity contribution is 0.0702. The van der Waals surface area contributed by atoms with Gasteiger partial charge in [0, 0.05) is 4.88 Å². The van der Waals surface area contributed by atoms with Crippen molar-refractivity contribution in [2.45, 2.75) is 64.5 Å². The van der Waals surface area contributed by atoms with Crippen LogP contribution in [0, 0.1) is 0 Å². The third-order valence-electron chi connectivity index (χ3n) is 5.83. The molecule has 0 atom stereocenters. The van der Waals surface area contributed by atoms with E-state index in [9.17, 15) is 9.90 Å². The predicted octanol–water partition coefficient (Wildman–Crippen LogP) is 6.63. The van der Waals surface area contributed by atoms with Crippen molar-refractivity contribution in [2.24, 2.45) is 0 Å². The molecule has 2 nitrogen and oxygen atoms in total. The largest absolute Gasteiger partial charge is 0.477 e. The Morgan fingerprint density at radius 2 is 1.67 bits per heavy atom. The summed E-state index contributed by atoms with van der Waals surface area (Å²) in [5.74, 6) is -0.850. The molecule has 1 aromatic heterocycles. The Morgan fingerprint density at radius 3 is 2.22 bits per heavy atom. The van der Waals surface area contributed by atoms with Gasteiger partial charge in [0.2, 0.25) is 0 Å². The molecule has 0 amide bonds. The molecule has 0 bridgehead atoms. The van der Waals surface area contributed by atoms with Crippen molar-refractivity contribution in [3.63, 3.8) is 0 Å². The van der Waals surface area contributed by atoms with Crippen molar-refractivity contribution in [1.82, 2.24) is 0 Å². The minimum Gasteiger partial charge on any atom is -0.477 e. The van der Waals surface area contributed by atoms with Crippen LogP contribution in [0.4, 0.5) is 0 Å². The molecule has 0 saturated carbocycles. The first-order valence-corrected chi connectivity index (χ1v) is 12.8. The topological polar surface area (TPSA) is 37.3 Å². The molecule has 143 valence electrons. The maximum absolute atomic E-state index is 11.2. The van der Waals surface area contributed by atoms with Gasteiger partial charge in [0.25, 0.3) is 0 Å². The molecule has 27 heavy (non-hydrogen) atoms.